The van der Waals surface area contributed by atoms with Crippen LogP contribution in [-0.4, -0.2) is 49.7 Å². The first-order chi connectivity index (χ1) is 6.16. The smallest absolute Gasteiger partial charge is 0.357 e. The van der Waals surface area contributed by atoms with Crippen molar-refractivity contribution in [1.82, 2.24) is 4.90 Å². The summed E-state index contributed by atoms with van der Waals surface area (Å²) in [6, 6.07) is 0.546. The van der Waals surface area contributed by atoms with Crippen LogP contribution in [0.3, 0.4) is 0 Å². The highest BCUT2D eigenvalue weighted by Gasteiger charge is 2.28. The van der Waals surface area contributed by atoms with Gasteiger partial charge in [0.25, 0.3) is 0 Å². The molecule has 0 saturated carbocycles. The van der Waals surface area contributed by atoms with E-state index in [0.29, 0.717) is 6.02 Å². The van der Waals surface area contributed by atoms with E-state index < -0.39 is 5.41 Å². The van der Waals surface area contributed by atoms with Crippen LogP contribution in [0.5, 0.6) is 0 Å². The van der Waals surface area contributed by atoms with Gasteiger partial charge in [-0.05, 0) is 20.8 Å². The molecule has 0 radical (unpaired) electrons. The fraction of sp³-hybridized carbons (Fsp3) is 0.800. The van der Waals surface area contributed by atoms with Gasteiger partial charge in [0.2, 0.25) is 0 Å². The minimum Gasteiger partial charge on any atom is -0.357 e. The molecule has 4 nitrogen and oxygen atoms in total. The first-order valence-electron chi connectivity index (χ1n) is 4.60. The van der Waals surface area contributed by atoms with Gasteiger partial charge in [0, 0.05) is 0 Å². The van der Waals surface area contributed by atoms with Gasteiger partial charge >= 0.3 is 12.0 Å². The van der Waals surface area contributed by atoms with Crippen molar-refractivity contribution in [2.75, 3.05) is 28.2 Å². The van der Waals surface area contributed by atoms with Crippen LogP contribution < -0.4 is 0 Å². The third kappa shape index (κ3) is 3.77. The highest BCUT2D eigenvalue weighted by Crippen LogP contribution is 2.15. The van der Waals surface area contributed by atoms with Gasteiger partial charge in [0.15, 0.2) is 0 Å². The molecule has 0 N–H and O–H groups in total. The lowest BCUT2D eigenvalue weighted by molar-refractivity contribution is -0.479. The standard InChI is InChI=1S/C10H21N2O2/c1-10(2,3)8(13)14-9(11(4)5)12(6)7/h1-7H3/q+1. The van der Waals surface area contributed by atoms with Gasteiger partial charge in [-0.3, -0.25) is 4.79 Å². The zero-order valence-corrected chi connectivity index (χ0v) is 10.2. The van der Waals surface area contributed by atoms with Crippen LogP contribution in [0, 0.1) is 5.41 Å². The minimum atomic E-state index is -0.475. The maximum absolute atomic E-state index is 11.6. The van der Waals surface area contributed by atoms with Crippen molar-refractivity contribution >= 4 is 12.0 Å². The molecule has 0 unspecified atom stereocenters. The molecule has 0 atom stereocenters. The Kier molecular flexibility index (Phi) is 4.10. The maximum atomic E-state index is 11.6. The number of esters is 1. The van der Waals surface area contributed by atoms with Gasteiger partial charge in [-0.15, -0.1) is 0 Å². The molecule has 0 aromatic rings. The summed E-state index contributed by atoms with van der Waals surface area (Å²) < 4.78 is 7.03. The Morgan fingerprint density at radius 3 is 1.86 bits per heavy atom. The molecule has 0 heterocycles. The topological polar surface area (TPSA) is 32.5 Å². The van der Waals surface area contributed by atoms with Crippen molar-refractivity contribution in [3.8, 4) is 0 Å². The van der Waals surface area contributed by atoms with Gasteiger partial charge in [-0.2, -0.15) is 0 Å². The zero-order valence-electron chi connectivity index (χ0n) is 10.2. The Labute approximate surface area is 86.2 Å². The minimum absolute atomic E-state index is 0.227. The molecule has 0 bridgehead atoms. The Bertz CT molecular complexity index is 245. The summed E-state index contributed by atoms with van der Waals surface area (Å²) in [5, 5.41) is 0. The van der Waals surface area contributed by atoms with E-state index in [1.54, 1.807) is 9.48 Å². The van der Waals surface area contributed by atoms with Gasteiger partial charge in [-0.25, -0.2) is 9.48 Å². The van der Waals surface area contributed by atoms with Crippen molar-refractivity contribution in [2.24, 2.45) is 5.41 Å². The Morgan fingerprint density at radius 1 is 1.21 bits per heavy atom. The summed E-state index contributed by atoms with van der Waals surface area (Å²) in [6.45, 7) is 5.49. The number of hydrogen-bond acceptors (Lipinski definition) is 2. The van der Waals surface area contributed by atoms with Crippen LogP contribution in [0.15, 0.2) is 0 Å². The molecule has 0 aliphatic rings. The van der Waals surface area contributed by atoms with E-state index in [4.69, 9.17) is 4.74 Å². The van der Waals surface area contributed by atoms with E-state index in [2.05, 4.69) is 0 Å². The summed E-state index contributed by atoms with van der Waals surface area (Å²) in [7, 11) is 7.35. The number of rotatable bonds is 0. The van der Waals surface area contributed by atoms with Crippen LogP contribution >= 0.6 is 0 Å². The normalized spacial score (nSPS) is 10.8. The highest BCUT2D eigenvalue weighted by atomic mass is 16.6. The summed E-state index contributed by atoms with van der Waals surface area (Å²) in [5.74, 6) is -0.227. The second-order valence-corrected chi connectivity index (χ2v) is 4.71. The molecule has 0 saturated heterocycles. The van der Waals surface area contributed by atoms with Gasteiger partial charge in [0.05, 0.1) is 33.6 Å². The first-order valence-corrected chi connectivity index (χ1v) is 4.60. The van der Waals surface area contributed by atoms with E-state index in [1.165, 1.54) is 0 Å². The van der Waals surface area contributed by atoms with Crippen LogP contribution in [0.25, 0.3) is 0 Å². The summed E-state index contributed by atoms with van der Waals surface area (Å²) in [5.41, 5.74) is -0.475. The SMILES string of the molecule is CN(C)C(OC(=O)C(C)(C)C)=[N+](C)C. The molecule has 0 aromatic carbocycles. The number of carbonyl (C=O) groups is 1. The molecule has 0 fully saturated rings. The van der Waals surface area contributed by atoms with Crippen LogP contribution in [-0.2, 0) is 9.53 Å². The Hall–Kier alpha value is -1.06. The van der Waals surface area contributed by atoms with Gasteiger partial charge < -0.3 is 4.74 Å². The fourth-order valence-corrected chi connectivity index (χ4v) is 0.819. The second kappa shape index (κ2) is 4.44. The molecule has 82 valence electrons. The average molecular weight is 201 g/mol. The fourth-order valence-electron chi connectivity index (χ4n) is 0.819. The highest BCUT2D eigenvalue weighted by molar-refractivity contribution is 5.87. The van der Waals surface area contributed by atoms with Crippen LogP contribution in [0.4, 0.5) is 0 Å². The lowest BCUT2D eigenvalue weighted by Crippen LogP contribution is -2.37. The van der Waals surface area contributed by atoms with Crippen LogP contribution in [0.2, 0.25) is 0 Å². The number of hydrogen-bond donors (Lipinski definition) is 0. The number of ether oxygens (including phenoxy) is 1. The average Bonchev–Trinajstić information content (AvgIpc) is 1.96. The lowest BCUT2D eigenvalue weighted by atomic mass is 9.97. The van der Waals surface area contributed by atoms with Crippen molar-refractivity contribution in [1.29, 1.82) is 0 Å². The number of carbonyl (C=O) groups excluding carboxylic acids is 1. The Balaban J connectivity index is 4.67. The van der Waals surface area contributed by atoms with Crippen molar-refractivity contribution in [3.05, 3.63) is 0 Å². The maximum Gasteiger partial charge on any atom is 0.453 e. The molecule has 0 rings (SSSR count). The van der Waals surface area contributed by atoms with Gasteiger partial charge in [0.1, 0.15) is 0 Å². The third-order valence-corrected chi connectivity index (χ3v) is 1.56. The van der Waals surface area contributed by atoms with E-state index in [1.807, 2.05) is 49.0 Å². The molecule has 14 heavy (non-hydrogen) atoms. The van der Waals surface area contributed by atoms with E-state index >= 15 is 0 Å². The molecular formula is C10H21N2O2+. The Morgan fingerprint density at radius 2 is 1.64 bits per heavy atom. The molecule has 0 amide bonds. The summed E-state index contributed by atoms with van der Waals surface area (Å²) >= 11 is 0. The molecule has 0 aliphatic heterocycles. The van der Waals surface area contributed by atoms with Crippen molar-refractivity contribution in [2.45, 2.75) is 20.8 Å². The first kappa shape index (κ1) is 12.9. The summed E-state index contributed by atoms with van der Waals surface area (Å²) in [4.78, 5) is 13.4. The van der Waals surface area contributed by atoms with E-state index in [9.17, 15) is 4.79 Å². The van der Waals surface area contributed by atoms with Crippen molar-refractivity contribution < 1.29 is 14.1 Å². The predicted molar refractivity (Wildman–Crippen MR) is 56.3 cm³/mol. The van der Waals surface area contributed by atoms with Gasteiger partial charge in [-0.1, -0.05) is 0 Å². The predicted octanol–water partition coefficient (Wildman–Crippen LogP) is 0.765. The summed E-state index contributed by atoms with van der Waals surface area (Å²) in [6.07, 6.45) is 0. The second-order valence-electron chi connectivity index (χ2n) is 4.71. The zero-order chi connectivity index (χ0) is 11.5. The van der Waals surface area contributed by atoms with Crippen LogP contribution in [0.1, 0.15) is 20.8 Å². The lowest BCUT2D eigenvalue weighted by Gasteiger charge is -2.17. The third-order valence-electron chi connectivity index (χ3n) is 1.56. The van der Waals surface area contributed by atoms with E-state index in [0.717, 1.165) is 0 Å². The monoisotopic (exact) mass is 201 g/mol. The quantitative estimate of drug-likeness (QED) is 0.251. The molecule has 0 aliphatic carbocycles. The molecule has 4 heteroatoms. The number of amidine groups is 1. The largest absolute Gasteiger partial charge is 0.453 e. The number of nitrogens with zero attached hydrogens (tertiary/aromatic N) is 2. The molecular weight excluding hydrogens is 180 g/mol. The van der Waals surface area contributed by atoms with E-state index in [-0.39, 0.29) is 5.97 Å². The molecule has 0 aromatic heterocycles. The molecule has 0 spiro atoms. The van der Waals surface area contributed by atoms with Crippen molar-refractivity contribution in [3.63, 3.8) is 0 Å².